The monoisotopic (exact) mass is 355 g/mol. The molecule has 7 heteroatoms. The molecule has 0 saturated carbocycles. The van der Waals surface area contributed by atoms with Crippen LogP contribution in [0.25, 0.3) is 0 Å². The molecule has 3 aromatic rings. The Balaban J connectivity index is 1.63. The van der Waals surface area contributed by atoms with Gasteiger partial charge in [-0.05, 0) is 41.5 Å². The summed E-state index contributed by atoms with van der Waals surface area (Å²) in [6.45, 7) is 1.09. The van der Waals surface area contributed by atoms with Gasteiger partial charge in [-0.3, -0.25) is 9.40 Å². The number of hydrogen-bond donors (Lipinski definition) is 1. The van der Waals surface area contributed by atoms with Crippen molar-refractivity contribution in [2.24, 2.45) is 0 Å². The summed E-state index contributed by atoms with van der Waals surface area (Å²) in [5.74, 6) is 0.762. The van der Waals surface area contributed by atoms with Crippen molar-refractivity contribution in [3.63, 3.8) is 0 Å². The van der Waals surface area contributed by atoms with Gasteiger partial charge in [-0.1, -0.05) is 18.2 Å². The number of nitrogens with one attached hydrogen (secondary N) is 1. The Morgan fingerprint density at radius 2 is 2.04 bits per heavy atom. The Hall–Kier alpha value is -2.80. The van der Waals surface area contributed by atoms with Gasteiger partial charge >= 0.3 is 0 Å². The molecule has 2 aromatic carbocycles. The van der Waals surface area contributed by atoms with E-state index in [0.29, 0.717) is 18.8 Å². The predicted octanol–water partition coefficient (Wildman–Crippen LogP) is 2.67. The molecule has 25 heavy (non-hydrogen) atoms. The minimum atomic E-state index is -3.67. The molecule has 0 amide bonds. The van der Waals surface area contributed by atoms with Crippen molar-refractivity contribution in [2.45, 2.75) is 17.9 Å². The molecule has 0 spiro atoms. The van der Waals surface area contributed by atoms with Crippen molar-refractivity contribution >= 4 is 15.7 Å². The second-order valence-electron chi connectivity index (χ2n) is 5.83. The summed E-state index contributed by atoms with van der Waals surface area (Å²) in [6, 6.07) is 14.1. The highest BCUT2D eigenvalue weighted by molar-refractivity contribution is 7.92. The molecule has 0 atom stereocenters. The highest BCUT2D eigenvalue weighted by Gasteiger charge is 2.20. The molecule has 1 aliphatic rings. The third kappa shape index (κ3) is 3.23. The first kappa shape index (κ1) is 15.7. The van der Waals surface area contributed by atoms with E-state index in [1.54, 1.807) is 41.2 Å². The molecular formula is C18H17N3O3S. The van der Waals surface area contributed by atoms with Crippen molar-refractivity contribution in [3.8, 4) is 5.75 Å². The molecule has 0 fully saturated rings. The molecule has 0 saturated heterocycles. The zero-order valence-corrected chi connectivity index (χ0v) is 14.2. The van der Waals surface area contributed by atoms with Crippen LogP contribution in [0.5, 0.6) is 5.75 Å². The maximum absolute atomic E-state index is 12.8. The summed E-state index contributed by atoms with van der Waals surface area (Å²) in [4.78, 5) is 0.241. The number of hydrogen-bond acceptors (Lipinski definition) is 4. The Bertz CT molecular complexity index is 998. The fourth-order valence-corrected chi connectivity index (χ4v) is 4.01. The van der Waals surface area contributed by atoms with Crippen molar-refractivity contribution in [2.75, 3.05) is 11.3 Å². The van der Waals surface area contributed by atoms with E-state index < -0.39 is 10.0 Å². The van der Waals surface area contributed by atoms with Gasteiger partial charge in [-0.25, -0.2) is 8.42 Å². The standard InChI is InChI=1S/C18H17N3O3S/c22-25(23,16-6-7-18-14(12-16)8-11-24-18)20-17-5-2-1-4-15(17)13-21-10-3-9-19-21/h1-7,9-10,12,20H,8,11,13H2. The first-order valence-corrected chi connectivity index (χ1v) is 9.44. The van der Waals surface area contributed by atoms with Crippen LogP contribution in [0, 0.1) is 0 Å². The maximum atomic E-state index is 12.8. The molecule has 128 valence electrons. The van der Waals surface area contributed by atoms with Crippen LogP contribution in [0.3, 0.4) is 0 Å². The van der Waals surface area contributed by atoms with E-state index in [4.69, 9.17) is 4.74 Å². The molecule has 1 aromatic heterocycles. The van der Waals surface area contributed by atoms with Crippen LogP contribution in [0.15, 0.2) is 65.8 Å². The molecule has 2 heterocycles. The van der Waals surface area contributed by atoms with Crippen LogP contribution >= 0.6 is 0 Å². The van der Waals surface area contributed by atoms with Crippen molar-refractivity contribution in [1.29, 1.82) is 0 Å². The van der Waals surface area contributed by atoms with Crippen LogP contribution in [0.2, 0.25) is 0 Å². The van der Waals surface area contributed by atoms with E-state index in [1.165, 1.54) is 0 Å². The van der Waals surface area contributed by atoms with Gasteiger partial charge in [-0.2, -0.15) is 5.10 Å². The van der Waals surface area contributed by atoms with Crippen molar-refractivity contribution < 1.29 is 13.2 Å². The van der Waals surface area contributed by atoms with Crippen LogP contribution in [-0.2, 0) is 23.0 Å². The first-order chi connectivity index (χ1) is 12.1. The zero-order valence-electron chi connectivity index (χ0n) is 13.4. The van der Waals surface area contributed by atoms with E-state index in [1.807, 2.05) is 24.4 Å². The Morgan fingerprint density at radius 1 is 1.16 bits per heavy atom. The second-order valence-corrected chi connectivity index (χ2v) is 7.52. The molecule has 0 aliphatic carbocycles. The van der Waals surface area contributed by atoms with Gasteiger partial charge in [0.2, 0.25) is 0 Å². The van der Waals surface area contributed by atoms with Gasteiger partial charge in [0.25, 0.3) is 10.0 Å². The highest BCUT2D eigenvalue weighted by atomic mass is 32.2. The summed E-state index contributed by atoms with van der Waals surface area (Å²) in [6.07, 6.45) is 4.26. The number of benzene rings is 2. The van der Waals surface area contributed by atoms with E-state index in [0.717, 1.165) is 23.3 Å². The molecule has 0 unspecified atom stereocenters. The van der Waals surface area contributed by atoms with E-state index >= 15 is 0 Å². The van der Waals surface area contributed by atoms with Crippen LogP contribution in [0.4, 0.5) is 5.69 Å². The number of ether oxygens (including phenoxy) is 1. The lowest BCUT2D eigenvalue weighted by Crippen LogP contribution is -2.15. The largest absolute Gasteiger partial charge is 0.493 e. The molecule has 4 rings (SSSR count). The van der Waals surface area contributed by atoms with Crippen LogP contribution in [-0.4, -0.2) is 24.8 Å². The average Bonchev–Trinajstić information content (AvgIpc) is 3.27. The first-order valence-electron chi connectivity index (χ1n) is 7.96. The quantitative estimate of drug-likeness (QED) is 0.764. The summed E-state index contributed by atoms with van der Waals surface area (Å²) in [5, 5.41) is 4.17. The molecule has 0 bridgehead atoms. The number of fused-ring (bicyclic) bond motifs is 1. The number of para-hydroxylation sites is 1. The van der Waals surface area contributed by atoms with Gasteiger partial charge in [0.15, 0.2) is 0 Å². The average molecular weight is 355 g/mol. The van der Waals surface area contributed by atoms with Gasteiger partial charge in [-0.15, -0.1) is 0 Å². The Morgan fingerprint density at radius 3 is 2.88 bits per heavy atom. The Labute approximate surface area is 146 Å². The van der Waals surface area contributed by atoms with E-state index in [2.05, 4.69) is 9.82 Å². The zero-order chi connectivity index (χ0) is 17.3. The SMILES string of the molecule is O=S(=O)(Nc1ccccc1Cn1cccn1)c1ccc2c(c1)CCO2. The third-order valence-corrected chi connectivity index (χ3v) is 5.49. The number of anilines is 1. The summed E-state index contributed by atoms with van der Waals surface area (Å²) >= 11 is 0. The fourth-order valence-electron chi connectivity index (χ4n) is 2.86. The minimum Gasteiger partial charge on any atom is -0.493 e. The molecular weight excluding hydrogens is 338 g/mol. The molecule has 0 radical (unpaired) electrons. The van der Waals surface area contributed by atoms with Crippen LogP contribution < -0.4 is 9.46 Å². The van der Waals surface area contributed by atoms with Gasteiger partial charge in [0.1, 0.15) is 5.75 Å². The maximum Gasteiger partial charge on any atom is 0.261 e. The topological polar surface area (TPSA) is 73.2 Å². The number of aromatic nitrogens is 2. The van der Waals surface area contributed by atoms with Gasteiger partial charge < -0.3 is 4.74 Å². The van der Waals surface area contributed by atoms with Crippen molar-refractivity contribution in [3.05, 3.63) is 72.1 Å². The second kappa shape index (κ2) is 6.25. The normalized spacial score (nSPS) is 13.3. The lowest BCUT2D eigenvalue weighted by Gasteiger charge is -2.13. The van der Waals surface area contributed by atoms with Gasteiger partial charge in [0, 0.05) is 18.8 Å². The number of nitrogens with zero attached hydrogens (tertiary/aromatic N) is 2. The van der Waals surface area contributed by atoms with Crippen LogP contribution in [0.1, 0.15) is 11.1 Å². The lowest BCUT2D eigenvalue weighted by atomic mass is 10.2. The summed E-state index contributed by atoms with van der Waals surface area (Å²) < 4.78 is 35.4. The molecule has 6 nitrogen and oxygen atoms in total. The fraction of sp³-hybridized carbons (Fsp3) is 0.167. The van der Waals surface area contributed by atoms with E-state index in [-0.39, 0.29) is 4.90 Å². The van der Waals surface area contributed by atoms with Crippen molar-refractivity contribution in [1.82, 2.24) is 9.78 Å². The Kier molecular flexibility index (Phi) is 3.93. The predicted molar refractivity (Wildman–Crippen MR) is 94.2 cm³/mol. The van der Waals surface area contributed by atoms with E-state index in [9.17, 15) is 8.42 Å². The third-order valence-electron chi connectivity index (χ3n) is 4.12. The number of sulfonamides is 1. The lowest BCUT2D eigenvalue weighted by molar-refractivity contribution is 0.356. The minimum absolute atomic E-state index is 0.241. The van der Waals surface area contributed by atoms with Gasteiger partial charge in [0.05, 0.1) is 23.7 Å². The molecule has 1 N–H and O–H groups in total. The summed E-state index contributed by atoms with van der Waals surface area (Å²) in [5.41, 5.74) is 2.32. The smallest absolute Gasteiger partial charge is 0.261 e. The highest BCUT2D eigenvalue weighted by Crippen LogP contribution is 2.29. The summed E-state index contributed by atoms with van der Waals surface area (Å²) in [7, 11) is -3.67. The number of rotatable bonds is 5. The molecule has 1 aliphatic heterocycles.